The number of carbonyl (C=O) groups excluding carboxylic acids is 2. The van der Waals surface area contributed by atoms with Crippen LogP contribution in [-0.2, 0) is 9.53 Å². The predicted octanol–water partition coefficient (Wildman–Crippen LogP) is 1.86. The Labute approximate surface area is 133 Å². The molecular weight excluding hydrogens is 296 g/mol. The molecule has 0 aliphatic heterocycles. The Kier molecular flexibility index (Phi) is 3.98. The number of carbonyl (C=O) groups is 2. The van der Waals surface area contributed by atoms with E-state index in [4.69, 9.17) is 4.74 Å². The SMILES string of the molecule is CCOC(=O)C(O)C(O)c1ccc2c(c1)C(=O)c1ccccc1-2. The Hall–Kier alpha value is -2.50. The molecule has 0 aromatic heterocycles. The molecule has 0 heterocycles. The topological polar surface area (TPSA) is 83.8 Å². The average molecular weight is 312 g/mol. The number of ketones is 1. The molecule has 2 aromatic rings. The van der Waals surface area contributed by atoms with Crippen molar-refractivity contribution in [3.05, 3.63) is 59.2 Å². The summed E-state index contributed by atoms with van der Waals surface area (Å²) in [4.78, 5) is 24.0. The third-order valence-electron chi connectivity index (χ3n) is 3.92. The fourth-order valence-electron chi connectivity index (χ4n) is 2.77. The summed E-state index contributed by atoms with van der Waals surface area (Å²) in [6.07, 6.45) is -3.14. The second-order valence-electron chi connectivity index (χ2n) is 5.32. The summed E-state index contributed by atoms with van der Waals surface area (Å²) in [5.41, 5.74) is 3.00. The standard InChI is InChI=1S/C18H16O5/c1-2-23-18(22)17(21)15(19)10-7-8-12-11-5-3-4-6-13(11)16(20)14(12)9-10/h3-9,15,17,19,21H,2H2,1H3. The molecule has 118 valence electrons. The van der Waals surface area contributed by atoms with Crippen molar-refractivity contribution in [2.24, 2.45) is 0 Å². The summed E-state index contributed by atoms with van der Waals surface area (Å²) in [5, 5.41) is 20.0. The highest BCUT2D eigenvalue weighted by Gasteiger charge is 2.30. The van der Waals surface area contributed by atoms with E-state index in [9.17, 15) is 19.8 Å². The van der Waals surface area contributed by atoms with Crippen molar-refractivity contribution in [2.75, 3.05) is 6.61 Å². The lowest BCUT2D eigenvalue weighted by Crippen LogP contribution is -2.30. The van der Waals surface area contributed by atoms with Gasteiger partial charge >= 0.3 is 5.97 Å². The van der Waals surface area contributed by atoms with E-state index in [1.807, 2.05) is 12.1 Å². The lowest BCUT2D eigenvalue weighted by Gasteiger charge is -2.17. The minimum Gasteiger partial charge on any atom is -0.464 e. The molecule has 2 aromatic carbocycles. The molecule has 0 radical (unpaired) electrons. The molecule has 0 bridgehead atoms. The molecule has 5 heteroatoms. The average Bonchev–Trinajstić information content (AvgIpc) is 2.86. The van der Waals surface area contributed by atoms with Gasteiger partial charge in [-0.1, -0.05) is 36.4 Å². The summed E-state index contributed by atoms with van der Waals surface area (Å²) in [6, 6.07) is 12.1. The van der Waals surface area contributed by atoms with Gasteiger partial charge in [0.1, 0.15) is 6.10 Å². The number of benzene rings is 2. The van der Waals surface area contributed by atoms with Gasteiger partial charge in [-0.25, -0.2) is 4.79 Å². The monoisotopic (exact) mass is 312 g/mol. The minimum absolute atomic E-state index is 0.112. The lowest BCUT2D eigenvalue weighted by atomic mass is 9.98. The normalized spacial score (nSPS) is 14.8. The fourth-order valence-corrected chi connectivity index (χ4v) is 2.77. The first-order valence-corrected chi connectivity index (χ1v) is 7.35. The quantitative estimate of drug-likeness (QED) is 0.718. The van der Waals surface area contributed by atoms with Crippen LogP contribution in [0.3, 0.4) is 0 Å². The van der Waals surface area contributed by atoms with E-state index >= 15 is 0 Å². The number of aliphatic hydroxyl groups is 2. The Bertz CT molecular complexity index is 781. The highest BCUT2D eigenvalue weighted by molar-refractivity contribution is 6.21. The number of hydrogen-bond acceptors (Lipinski definition) is 5. The number of ether oxygens (including phenoxy) is 1. The van der Waals surface area contributed by atoms with E-state index in [0.29, 0.717) is 16.7 Å². The van der Waals surface area contributed by atoms with Crippen LogP contribution in [0.2, 0.25) is 0 Å². The van der Waals surface area contributed by atoms with Gasteiger partial charge in [0, 0.05) is 11.1 Å². The zero-order valence-electron chi connectivity index (χ0n) is 12.5. The van der Waals surface area contributed by atoms with Crippen LogP contribution in [0.15, 0.2) is 42.5 Å². The van der Waals surface area contributed by atoms with Crippen LogP contribution in [0.25, 0.3) is 11.1 Å². The largest absolute Gasteiger partial charge is 0.464 e. The Morgan fingerprint density at radius 3 is 2.39 bits per heavy atom. The van der Waals surface area contributed by atoms with Crippen molar-refractivity contribution in [3.8, 4) is 11.1 Å². The molecule has 0 saturated heterocycles. The maximum Gasteiger partial charge on any atom is 0.338 e. The Balaban J connectivity index is 1.94. The number of hydrogen-bond donors (Lipinski definition) is 2. The molecule has 0 amide bonds. The van der Waals surface area contributed by atoms with Crippen molar-refractivity contribution in [2.45, 2.75) is 19.1 Å². The maximum absolute atomic E-state index is 12.4. The van der Waals surface area contributed by atoms with Crippen molar-refractivity contribution in [3.63, 3.8) is 0 Å². The molecule has 5 nitrogen and oxygen atoms in total. The van der Waals surface area contributed by atoms with Gasteiger partial charge in [0.15, 0.2) is 11.9 Å². The fraction of sp³-hybridized carbons (Fsp3) is 0.222. The van der Waals surface area contributed by atoms with Crippen LogP contribution in [0, 0.1) is 0 Å². The van der Waals surface area contributed by atoms with Crippen LogP contribution < -0.4 is 0 Å². The first-order valence-electron chi connectivity index (χ1n) is 7.35. The third-order valence-corrected chi connectivity index (χ3v) is 3.92. The smallest absolute Gasteiger partial charge is 0.338 e. The molecule has 23 heavy (non-hydrogen) atoms. The molecule has 1 aliphatic rings. The van der Waals surface area contributed by atoms with Gasteiger partial charge in [-0.05, 0) is 29.7 Å². The Morgan fingerprint density at radius 1 is 1.04 bits per heavy atom. The van der Waals surface area contributed by atoms with Crippen molar-refractivity contribution in [1.29, 1.82) is 0 Å². The molecule has 2 atom stereocenters. The molecule has 2 unspecified atom stereocenters. The van der Waals surface area contributed by atoms with Gasteiger partial charge in [0.2, 0.25) is 0 Å². The van der Waals surface area contributed by atoms with Gasteiger partial charge in [0.25, 0.3) is 0 Å². The summed E-state index contributed by atoms with van der Waals surface area (Å²) in [7, 11) is 0. The summed E-state index contributed by atoms with van der Waals surface area (Å²) in [5.74, 6) is -1.02. The molecule has 0 spiro atoms. The first kappa shape index (κ1) is 15.4. The zero-order chi connectivity index (χ0) is 16.6. The van der Waals surface area contributed by atoms with E-state index in [1.54, 1.807) is 31.2 Å². The van der Waals surface area contributed by atoms with Crippen molar-refractivity contribution in [1.82, 2.24) is 0 Å². The molecule has 3 rings (SSSR count). The van der Waals surface area contributed by atoms with Crippen LogP contribution in [-0.4, -0.2) is 34.7 Å². The molecule has 0 saturated carbocycles. The van der Waals surface area contributed by atoms with Crippen LogP contribution in [0.1, 0.15) is 34.5 Å². The minimum atomic E-state index is -1.69. The number of aliphatic hydroxyl groups excluding tert-OH is 2. The second kappa shape index (κ2) is 5.95. The zero-order valence-corrected chi connectivity index (χ0v) is 12.5. The van der Waals surface area contributed by atoms with Gasteiger partial charge in [-0.2, -0.15) is 0 Å². The van der Waals surface area contributed by atoms with Crippen molar-refractivity contribution < 1.29 is 24.5 Å². The van der Waals surface area contributed by atoms with E-state index in [0.717, 1.165) is 11.1 Å². The van der Waals surface area contributed by atoms with E-state index < -0.39 is 18.2 Å². The highest BCUT2D eigenvalue weighted by Crippen LogP contribution is 2.37. The third kappa shape index (κ3) is 2.54. The van der Waals surface area contributed by atoms with E-state index in [-0.39, 0.29) is 12.4 Å². The number of esters is 1. The summed E-state index contributed by atoms with van der Waals surface area (Å²) in [6.45, 7) is 1.73. The van der Waals surface area contributed by atoms with Gasteiger partial charge in [0.05, 0.1) is 6.61 Å². The van der Waals surface area contributed by atoms with E-state index in [1.165, 1.54) is 6.07 Å². The highest BCUT2D eigenvalue weighted by atomic mass is 16.5. The van der Waals surface area contributed by atoms with Crippen molar-refractivity contribution >= 4 is 11.8 Å². The summed E-state index contributed by atoms with van der Waals surface area (Å²) >= 11 is 0. The van der Waals surface area contributed by atoms with Crippen LogP contribution in [0.5, 0.6) is 0 Å². The van der Waals surface area contributed by atoms with Gasteiger partial charge in [-0.3, -0.25) is 4.79 Å². The summed E-state index contributed by atoms with van der Waals surface area (Å²) < 4.78 is 4.69. The second-order valence-corrected chi connectivity index (χ2v) is 5.32. The van der Waals surface area contributed by atoms with Gasteiger partial charge < -0.3 is 14.9 Å². The lowest BCUT2D eigenvalue weighted by molar-refractivity contribution is -0.159. The Morgan fingerprint density at radius 2 is 1.70 bits per heavy atom. The number of fused-ring (bicyclic) bond motifs is 3. The maximum atomic E-state index is 12.4. The van der Waals surface area contributed by atoms with Crippen LogP contribution in [0.4, 0.5) is 0 Å². The molecule has 0 fully saturated rings. The molecule has 2 N–H and O–H groups in total. The number of rotatable bonds is 4. The van der Waals surface area contributed by atoms with Crippen LogP contribution >= 0.6 is 0 Å². The first-order chi connectivity index (χ1) is 11.0. The van der Waals surface area contributed by atoms with Gasteiger partial charge in [-0.15, -0.1) is 0 Å². The predicted molar refractivity (Wildman–Crippen MR) is 82.9 cm³/mol. The van der Waals surface area contributed by atoms with E-state index in [2.05, 4.69) is 0 Å². The molecule has 1 aliphatic carbocycles. The molecular formula is C18H16O5.